The lowest BCUT2D eigenvalue weighted by Gasteiger charge is -2.52. The summed E-state index contributed by atoms with van der Waals surface area (Å²) in [5.41, 5.74) is 3.50. The quantitative estimate of drug-likeness (QED) is 0.190. The Morgan fingerprint density at radius 2 is 2.00 bits per heavy atom. The molecule has 162 valence electrons. The van der Waals surface area contributed by atoms with E-state index in [0.29, 0.717) is 24.2 Å². The van der Waals surface area contributed by atoms with Crippen molar-refractivity contribution in [3.05, 3.63) is 11.1 Å². The number of aliphatic imine (C=N–C) groups is 1. The first-order chi connectivity index (χ1) is 13.8. The first-order valence-corrected chi connectivity index (χ1v) is 11.1. The van der Waals surface area contributed by atoms with Crippen molar-refractivity contribution in [2.75, 3.05) is 20.2 Å². The third-order valence-electron chi connectivity index (χ3n) is 8.32. The predicted molar refractivity (Wildman–Crippen MR) is 115 cm³/mol. The third-order valence-corrected chi connectivity index (χ3v) is 8.32. The van der Waals surface area contributed by atoms with Crippen molar-refractivity contribution in [3.8, 4) is 6.19 Å². The van der Waals surface area contributed by atoms with E-state index in [1.54, 1.807) is 18.2 Å². The van der Waals surface area contributed by atoms with Gasteiger partial charge in [0.25, 0.3) is 0 Å². The van der Waals surface area contributed by atoms with Crippen LogP contribution in [-0.4, -0.2) is 42.5 Å². The minimum absolute atomic E-state index is 0.0117. The van der Waals surface area contributed by atoms with Gasteiger partial charge >= 0.3 is 0 Å². The van der Waals surface area contributed by atoms with Gasteiger partial charge in [-0.25, -0.2) is 0 Å². The summed E-state index contributed by atoms with van der Waals surface area (Å²) in [4.78, 5) is 4.16. The molecule has 0 amide bonds. The molecule has 0 bridgehead atoms. The molecule has 0 aromatic heterocycles. The SMILES string of the molecule is CN=C(NC#N)NC[C@H]1C2=C(CC[C@@H]1[C@]1(C)CC[C@H](O)C[C@@H]1CO)C(C)(C)CC2. The maximum absolute atomic E-state index is 10.2. The van der Waals surface area contributed by atoms with Crippen LogP contribution in [0.25, 0.3) is 0 Å². The zero-order chi connectivity index (χ0) is 21.2. The fraction of sp³-hybridized carbons (Fsp3) is 0.826. The van der Waals surface area contributed by atoms with Gasteiger partial charge in [-0.3, -0.25) is 10.3 Å². The Hall–Kier alpha value is -1.58. The molecule has 4 N–H and O–H groups in total. The summed E-state index contributed by atoms with van der Waals surface area (Å²) in [6.07, 6.45) is 8.73. The Bertz CT molecular complexity index is 708. The van der Waals surface area contributed by atoms with Gasteiger partial charge in [0.2, 0.25) is 5.96 Å². The Kier molecular flexibility index (Phi) is 6.60. The normalized spacial score (nSPS) is 37.1. The molecule has 6 nitrogen and oxygen atoms in total. The number of nitriles is 1. The van der Waals surface area contributed by atoms with Crippen LogP contribution in [0.3, 0.4) is 0 Å². The summed E-state index contributed by atoms with van der Waals surface area (Å²) in [6.45, 7) is 7.96. The molecule has 0 spiro atoms. The molecule has 0 unspecified atom stereocenters. The second-order valence-corrected chi connectivity index (χ2v) is 10.1. The highest BCUT2D eigenvalue weighted by molar-refractivity contribution is 5.81. The minimum Gasteiger partial charge on any atom is -0.396 e. The fourth-order valence-electron chi connectivity index (χ4n) is 6.50. The van der Waals surface area contributed by atoms with Crippen LogP contribution in [0.4, 0.5) is 0 Å². The van der Waals surface area contributed by atoms with E-state index < -0.39 is 0 Å². The molecule has 29 heavy (non-hydrogen) atoms. The van der Waals surface area contributed by atoms with Gasteiger partial charge in [0.05, 0.1) is 6.10 Å². The standard InChI is InChI=1S/C23H38N4O2/c1-22(2)9-8-17-18(12-26-21(25-4)27-14-24)20(6-5-19(17)22)23(3)10-7-16(29)11-15(23)13-28/h15-16,18,20,28-29H,5-13H2,1-4H3,(H2,25,26,27)/t15-,16+,18+,20+,23-/m1/s1. The van der Waals surface area contributed by atoms with Crippen LogP contribution in [0.15, 0.2) is 16.1 Å². The molecule has 0 saturated heterocycles. The number of guanidine groups is 1. The molecule has 3 rings (SSSR count). The summed E-state index contributed by atoms with van der Waals surface area (Å²) in [5.74, 6) is 1.46. The summed E-state index contributed by atoms with van der Waals surface area (Å²) >= 11 is 0. The van der Waals surface area contributed by atoms with Crippen molar-refractivity contribution in [3.63, 3.8) is 0 Å². The number of allylic oxidation sites excluding steroid dienone is 1. The van der Waals surface area contributed by atoms with E-state index in [9.17, 15) is 10.2 Å². The number of rotatable bonds is 4. The van der Waals surface area contributed by atoms with Gasteiger partial charge in [0.15, 0.2) is 6.19 Å². The first kappa shape index (κ1) is 22.1. The second kappa shape index (κ2) is 8.65. The number of hydrogen-bond donors (Lipinski definition) is 4. The van der Waals surface area contributed by atoms with Crippen LogP contribution in [0.2, 0.25) is 0 Å². The number of aliphatic hydroxyl groups excluding tert-OH is 2. The average Bonchev–Trinajstić information content (AvgIpc) is 3.01. The third kappa shape index (κ3) is 4.18. The van der Waals surface area contributed by atoms with Gasteiger partial charge in [0, 0.05) is 26.1 Å². The van der Waals surface area contributed by atoms with E-state index in [0.717, 1.165) is 38.6 Å². The topological polar surface area (TPSA) is 101 Å². The molecular weight excluding hydrogens is 364 g/mol. The summed E-state index contributed by atoms with van der Waals surface area (Å²) < 4.78 is 0. The highest BCUT2D eigenvalue weighted by atomic mass is 16.3. The van der Waals surface area contributed by atoms with Crippen molar-refractivity contribution in [2.45, 2.75) is 71.8 Å². The van der Waals surface area contributed by atoms with E-state index >= 15 is 0 Å². The Morgan fingerprint density at radius 3 is 2.66 bits per heavy atom. The maximum atomic E-state index is 10.2. The van der Waals surface area contributed by atoms with Gasteiger partial charge in [-0.15, -0.1) is 0 Å². The van der Waals surface area contributed by atoms with E-state index in [-0.39, 0.29) is 29.5 Å². The van der Waals surface area contributed by atoms with Crippen LogP contribution in [0.5, 0.6) is 0 Å². The van der Waals surface area contributed by atoms with E-state index in [1.165, 1.54) is 6.42 Å². The zero-order valence-electron chi connectivity index (χ0n) is 18.5. The van der Waals surface area contributed by atoms with Crippen LogP contribution in [-0.2, 0) is 0 Å². The van der Waals surface area contributed by atoms with Crippen LogP contribution in [0, 0.1) is 40.0 Å². The summed E-state index contributed by atoms with van der Waals surface area (Å²) in [6, 6.07) is 0. The van der Waals surface area contributed by atoms with Gasteiger partial charge in [-0.2, -0.15) is 5.26 Å². The van der Waals surface area contributed by atoms with Crippen molar-refractivity contribution in [1.82, 2.24) is 10.6 Å². The molecule has 0 heterocycles. The molecule has 0 aliphatic heterocycles. The molecule has 0 aromatic rings. The van der Waals surface area contributed by atoms with Crippen LogP contribution < -0.4 is 10.6 Å². The molecule has 5 atom stereocenters. The molecule has 0 aromatic carbocycles. The lowest BCUT2D eigenvalue weighted by molar-refractivity contribution is -0.0579. The largest absolute Gasteiger partial charge is 0.396 e. The molecule has 1 fully saturated rings. The highest BCUT2D eigenvalue weighted by Gasteiger charge is 2.51. The predicted octanol–water partition coefficient (Wildman–Crippen LogP) is 2.93. The average molecular weight is 403 g/mol. The molecule has 6 heteroatoms. The lowest BCUT2D eigenvalue weighted by atomic mass is 9.53. The Balaban J connectivity index is 1.92. The smallest absolute Gasteiger partial charge is 0.204 e. The van der Waals surface area contributed by atoms with Crippen molar-refractivity contribution in [2.24, 2.45) is 33.6 Å². The molecule has 0 radical (unpaired) electrons. The molecule has 3 aliphatic carbocycles. The maximum Gasteiger partial charge on any atom is 0.204 e. The van der Waals surface area contributed by atoms with E-state index in [4.69, 9.17) is 5.26 Å². The van der Waals surface area contributed by atoms with Gasteiger partial charge in [-0.05, 0) is 67.6 Å². The van der Waals surface area contributed by atoms with Crippen LogP contribution >= 0.6 is 0 Å². The number of hydrogen-bond acceptors (Lipinski definition) is 4. The molecule has 3 aliphatic rings. The van der Waals surface area contributed by atoms with Crippen molar-refractivity contribution >= 4 is 5.96 Å². The molecular formula is C23H38N4O2. The van der Waals surface area contributed by atoms with Gasteiger partial charge in [0.1, 0.15) is 0 Å². The monoisotopic (exact) mass is 402 g/mol. The number of nitrogens with one attached hydrogen (secondary N) is 2. The van der Waals surface area contributed by atoms with Crippen molar-refractivity contribution < 1.29 is 10.2 Å². The lowest BCUT2D eigenvalue weighted by Crippen LogP contribution is -2.50. The summed E-state index contributed by atoms with van der Waals surface area (Å²) in [7, 11) is 1.68. The highest BCUT2D eigenvalue weighted by Crippen LogP contribution is 2.59. The van der Waals surface area contributed by atoms with E-state index in [1.807, 2.05) is 6.19 Å². The zero-order valence-corrected chi connectivity index (χ0v) is 18.5. The molecule has 1 saturated carbocycles. The Labute approximate surface area is 175 Å². The van der Waals surface area contributed by atoms with Crippen LogP contribution in [0.1, 0.15) is 65.7 Å². The minimum atomic E-state index is -0.292. The number of aliphatic hydroxyl groups is 2. The van der Waals surface area contributed by atoms with Gasteiger partial charge < -0.3 is 15.5 Å². The van der Waals surface area contributed by atoms with E-state index in [2.05, 4.69) is 36.4 Å². The number of nitrogens with zero attached hydrogens (tertiary/aromatic N) is 2. The Morgan fingerprint density at radius 1 is 1.24 bits per heavy atom. The first-order valence-electron chi connectivity index (χ1n) is 11.1. The fourth-order valence-corrected chi connectivity index (χ4v) is 6.50. The van der Waals surface area contributed by atoms with Crippen molar-refractivity contribution in [1.29, 1.82) is 5.26 Å². The van der Waals surface area contributed by atoms with Gasteiger partial charge in [-0.1, -0.05) is 31.9 Å². The summed E-state index contributed by atoms with van der Waals surface area (Å²) in [5, 5.41) is 35.3. The second-order valence-electron chi connectivity index (χ2n) is 10.1.